The summed E-state index contributed by atoms with van der Waals surface area (Å²) in [6, 6.07) is 7.47. The van der Waals surface area contributed by atoms with Gasteiger partial charge in [0.25, 0.3) is 5.56 Å². The third-order valence-electron chi connectivity index (χ3n) is 4.07. The number of aromatic nitrogens is 3. The highest BCUT2D eigenvalue weighted by molar-refractivity contribution is 7.71. The van der Waals surface area contributed by atoms with Gasteiger partial charge >= 0.3 is 0 Å². The van der Waals surface area contributed by atoms with Crippen LogP contribution in [0.3, 0.4) is 0 Å². The van der Waals surface area contributed by atoms with E-state index in [1.165, 1.54) is 0 Å². The number of H-pyrrole nitrogens is 1. The van der Waals surface area contributed by atoms with E-state index in [4.69, 9.17) is 12.2 Å². The molecule has 1 fully saturated rings. The number of thiazole rings is 1. The topological polar surface area (TPSA) is 50.7 Å². The second-order valence-electron chi connectivity index (χ2n) is 5.76. The van der Waals surface area contributed by atoms with Gasteiger partial charge in [0.15, 0.2) is 4.77 Å². The standard InChI is InChI=1S/C16H15N3OS2/c1-9-8-22-14(17-9)13(10-6-7-10)19-15(20)11-4-2-3-5-12(11)18-16(19)21/h2-5,8,10,13H,6-7H2,1H3,(H,18,21)/t13-/m0/s1. The Morgan fingerprint density at radius 1 is 1.41 bits per heavy atom. The summed E-state index contributed by atoms with van der Waals surface area (Å²) in [4.78, 5) is 20.8. The second kappa shape index (κ2) is 5.14. The molecule has 4 rings (SSSR count). The Morgan fingerprint density at radius 3 is 2.86 bits per heavy atom. The summed E-state index contributed by atoms with van der Waals surface area (Å²) >= 11 is 7.09. The van der Waals surface area contributed by atoms with Crippen molar-refractivity contribution in [2.75, 3.05) is 0 Å². The van der Waals surface area contributed by atoms with Crippen molar-refractivity contribution in [2.24, 2.45) is 5.92 Å². The molecule has 0 saturated heterocycles. The lowest BCUT2D eigenvalue weighted by molar-refractivity contribution is 0.492. The van der Waals surface area contributed by atoms with Crippen LogP contribution in [0.4, 0.5) is 0 Å². The van der Waals surface area contributed by atoms with Crippen LogP contribution in [0.2, 0.25) is 0 Å². The molecule has 0 unspecified atom stereocenters. The smallest absolute Gasteiger partial charge is 0.262 e. The van der Waals surface area contributed by atoms with Crippen LogP contribution in [-0.4, -0.2) is 14.5 Å². The number of rotatable bonds is 3. The summed E-state index contributed by atoms with van der Waals surface area (Å²) in [6.07, 6.45) is 2.24. The highest BCUT2D eigenvalue weighted by atomic mass is 32.1. The molecule has 1 aliphatic carbocycles. The molecule has 4 nitrogen and oxygen atoms in total. The average Bonchev–Trinajstić information content (AvgIpc) is 3.25. The molecule has 0 amide bonds. The first-order valence-corrected chi connectivity index (χ1v) is 8.59. The first kappa shape index (κ1) is 13.8. The minimum Gasteiger partial charge on any atom is -0.332 e. The molecule has 1 aromatic carbocycles. The molecular weight excluding hydrogens is 314 g/mol. The molecule has 2 heterocycles. The number of para-hydroxylation sites is 1. The molecule has 1 atom stereocenters. The summed E-state index contributed by atoms with van der Waals surface area (Å²) in [5.41, 5.74) is 1.76. The van der Waals surface area contributed by atoms with Crippen LogP contribution in [0, 0.1) is 17.6 Å². The normalized spacial score (nSPS) is 16.0. The van der Waals surface area contributed by atoms with Gasteiger partial charge in [-0.2, -0.15) is 0 Å². The van der Waals surface area contributed by atoms with Crippen LogP contribution in [0.15, 0.2) is 34.4 Å². The van der Waals surface area contributed by atoms with Gasteiger partial charge < -0.3 is 4.98 Å². The van der Waals surface area contributed by atoms with E-state index >= 15 is 0 Å². The van der Waals surface area contributed by atoms with Crippen molar-refractivity contribution in [3.05, 3.63) is 55.5 Å². The van der Waals surface area contributed by atoms with E-state index in [1.54, 1.807) is 15.9 Å². The van der Waals surface area contributed by atoms with Crippen molar-refractivity contribution in [3.63, 3.8) is 0 Å². The summed E-state index contributed by atoms with van der Waals surface area (Å²) in [7, 11) is 0. The molecule has 0 spiro atoms. The molecular formula is C16H15N3OS2. The SMILES string of the molecule is Cc1csc([C@H](C2CC2)n2c(=S)[nH]c3ccccc3c2=O)n1. The van der Waals surface area contributed by atoms with Crippen LogP contribution in [0.5, 0.6) is 0 Å². The molecule has 1 N–H and O–H groups in total. The van der Waals surface area contributed by atoms with Crippen molar-refractivity contribution < 1.29 is 0 Å². The number of nitrogens with one attached hydrogen (secondary N) is 1. The van der Waals surface area contributed by atoms with E-state index in [1.807, 2.05) is 36.6 Å². The fourth-order valence-electron chi connectivity index (χ4n) is 2.87. The van der Waals surface area contributed by atoms with Crippen molar-refractivity contribution in [1.82, 2.24) is 14.5 Å². The van der Waals surface area contributed by atoms with Gasteiger partial charge in [0.2, 0.25) is 0 Å². The number of fused-ring (bicyclic) bond motifs is 1. The van der Waals surface area contributed by atoms with Crippen LogP contribution >= 0.6 is 23.6 Å². The van der Waals surface area contributed by atoms with Gasteiger partial charge in [-0.25, -0.2) is 4.98 Å². The maximum absolute atomic E-state index is 13.0. The average molecular weight is 329 g/mol. The van der Waals surface area contributed by atoms with E-state index in [-0.39, 0.29) is 11.6 Å². The first-order chi connectivity index (χ1) is 10.6. The lowest BCUT2D eigenvalue weighted by Gasteiger charge is -2.18. The summed E-state index contributed by atoms with van der Waals surface area (Å²) in [5, 5.41) is 3.69. The predicted molar refractivity (Wildman–Crippen MR) is 91.1 cm³/mol. The number of benzene rings is 1. The minimum absolute atomic E-state index is 0.0240. The van der Waals surface area contributed by atoms with Gasteiger partial charge in [0, 0.05) is 11.1 Å². The maximum Gasteiger partial charge on any atom is 0.262 e. The fraction of sp³-hybridized carbons (Fsp3) is 0.312. The number of aromatic amines is 1. The molecule has 0 radical (unpaired) electrons. The highest BCUT2D eigenvalue weighted by Gasteiger charge is 2.36. The quantitative estimate of drug-likeness (QED) is 0.743. The van der Waals surface area contributed by atoms with Crippen molar-refractivity contribution in [1.29, 1.82) is 0 Å². The summed E-state index contributed by atoms with van der Waals surface area (Å²) in [5.74, 6) is 0.458. The number of nitrogens with zero attached hydrogens (tertiary/aromatic N) is 2. The molecule has 0 aliphatic heterocycles. The van der Waals surface area contributed by atoms with E-state index in [2.05, 4.69) is 9.97 Å². The van der Waals surface area contributed by atoms with Crippen molar-refractivity contribution in [2.45, 2.75) is 25.8 Å². The number of aryl methyl sites for hydroxylation is 1. The lowest BCUT2D eigenvalue weighted by Crippen LogP contribution is -2.28. The highest BCUT2D eigenvalue weighted by Crippen LogP contribution is 2.43. The van der Waals surface area contributed by atoms with Crippen LogP contribution in [-0.2, 0) is 0 Å². The summed E-state index contributed by atoms with van der Waals surface area (Å²) < 4.78 is 2.21. The van der Waals surface area contributed by atoms with Gasteiger partial charge in [0.05, 0.1) is 16.9 Å². The van der Waals surface area contributed by atoms with Crippen LogP contribution < -0.4 is 5.56 Å². The molecule has 6 heteroatoms. The van der Waals surface area contributed by atoms with Gasteiger partial charge in [-0.3, -0.25) is 9.36 Å². The molecule has 1 saturated carbocycles. The fourth-order valence-corrected chi connectivity index (χ4v) is 4.16. The van der Waals surface area contributed by atoms with Gasteiger partial charge in [-0.15, -0.1) is 11.3 Å². The Hall–Kier alpha value is -1.79. The minimum atomic E-state index is -0.0421. The Kier molecular flexibility index (Phi) is 3.23. The van der Waals surface area contributed by atoms with Gasteiger partial charge in [0.1, 0.15) is 5.01 Å². The molecule has 0 bridgehead atoms. The maximum atomic E-state index is 13.0. The van der Waals surface area contributed by atoms with E-state index in [0.29, 0.717) is 16.1 Å². The van der Waals surface area contributed by atoms with Crippen LogP contribution in [0.1, 0.15) is 29.6 Å². The number of hydrogen-bond donors (Lipinski definition) is 1. The van der Waals surface area contributed by atoms with Crippen LogP contribution in [0.25, 0.3) is 10.9 Å². The Bertz CT molecular complexity index is 965. The van der Waals surface area contributed by atoms with E-state index < -0.39 is 0 Å². The van der Waals surface area contributed by atoms with Crippen molar-refractivity contribution in [3.8, 4) is 0 Å². The molecule has 3 aromatic rings. The Morgan fingerprint density at radius 2 is 2.18 bits per heavy atom. The molecule has 22 heavy (non-hydrogen) atoms. The van der Waals surface area contributed by atoms with E-state index in [9.17, 15) is 4.79 Å². The zero-order valence-corrected chi connectivity index (χ0v) is 13.7. The lowest BCUT2D eigenvalue weighted by atomic mass is 10.1. The largest absolute Gasteiger partial charge is 0.332 e. The van der Waals surface area contributed by atoms with Crippen molar-refractivity contribution >= 4 is 34.5 Å². The molecule has 112 valence electrons. The predicted octanol–water partition coefficient (Wildman–Crippen LogP) is 3.82. The monoisotopic (exact) mass is 329 g/mol. The third-order valence-corrected chi connectivity index (χ3v) is 5.41. The third kappa shape index (κ3) is 2.23. The summed E-state index contributed by atoms with van der Waals surface area (Å²) in [6.45, 7) is 1.98. The Labute approximate surface area is 136 Å². The zero-order valence-electron chi connectivity index (χ0n) is 12.1. The second-order valence-corrected chi connectivity index (χ2v) is 7.04. The number of hydrogen-bond acceptors (Lipinski definition) is 4. The zero-order chi connectivity index (χ0) is 15.3. The Balaban J connectivity index is 1.99. The first-order valence-electron chi connectivity index (χ1n) is 7.31. The molecule has 1 aliphatic rings. The molecule has 2 aromatic heterocycles. The van der Waals surface area contributed by atoms with Gasteiger partial charge in [-0.1, -0.05) is 12.1 Å². The van der Waals surface area contributed by atoms with Gasteiger partial charge in [-0.05, 0) is 50.0 Å². The van der Waals surface area contributed by atoms with E-state index in [0.717, 1.165) is 29.1 Å².